The average molecular weight is 362 g/mol. The van der Waals surface area contributed by atoms with Gasteiger partial charge in [-0.25, -0.2) is 9.38 Å². The number of hydrogen-bond donors (Lipinski definition) is 3. The van der Waals surface area contributed by atoms with Gasteiger partial charge in [-0.15, -0.1) is 0 Å². The van der Waals surface area contributed by atoms with Crippen molar-refractivity contribution < 1.29 is 4.39 Å². The Bertz CT molecular complexity index is 1060. The summed E-state index contributed by atoms with van der Waals surface area (Å²) in [6.07, 6.45) is 5.05. The van der Waals surface area contributed by atoms with Gasteiger partial charge in [0.05, 0.1) is 16.9 Å². The van der Waals surface area contributed by atoms with Crippen LogP contribution in [-0.2, 0) is 0 Å². The van der Waals surface area contributed by atoms with Gasteiger partial charge in [-0.3, -0.25) is 9.97 Å². The second-order valence-electron chi connectivity index (χ2n) is 6.58. The van der Waals surface area contributed by atoms with Gasteiger partial charge in [0, 0.05) is 29.3 Å². The number of aliphatic imine (C=N–C) groups is 1. The summed E-state index contributed by atoms with van der Waals surface area (Å²) in [4.78, 5) is 13.2. The van der Waals surface area contributed by atoms with Crippen molar-refractivity contribution in [3.8, 4) is 11.3 Å². The first-order valence-electron chi connectivity index (χ1n) is 8.56. The summed E-state index contributed by atoms with van der Waals surface area (Å²) in [6.45, 7) is 1.96. The molecular weight excluding hydrogens is 343 g/mol. The third kappa shape index (κ3) is 3.13. The molecule has 0 saturated heterocycles. The number of guanidine groups is 1. The fourth-order valence-electron chi connectivity index (χ4n) is 3.24. The molecule has 3 heterocycles. The standard InChI is InChI=1S/C20H19FN6/c1-12(20(23)7-9-25-19(22)27-20)18-15(17-4-2-3-8-24-17)11-13-10-14(21)5-6-16(13)26-18/h2-12H,23H2,1H3,(H3,22,25,27)/t12-,20?/m0/s1. The van der Waals surface area contributed by atoms with E-state index in [1.807, 2.05) is 31.2 Å². The normalized spacial score (nSPS) is 20.2. The predicted octanol–water partition coefficient (Wildman–Crippen LogP) is 2.63. The van der Waals surface area contributed by atoms with Crippen LogP contribution in [0, 0.1) is 5.82 Å². The lowest BCUT2D eigenvalue weighted by Gasteiger charge is -2.36. The fourth-order valence-corrected chi connectivity index (χ4v) is 3.24. The van der Waals surface area contributed by atoms with Crippen molar-refractivity contribution in [1.82, 2.24) is 15.3 Å². The van der Waals surface area contributed by atoms with Gasteiger partial charge in [0.15, 0.2) is 5.96 Å². The van der Waals surface area contributed by atoms with E-state index in [4.69, 9.17) is 16.5 Å². The summed E-state index contributed by atoms with van der Waals surface area (Å²) in [5, 5.41) is 3.73. The lowest BCUT2D eigenvalue weighted by atomic mass is 9.87. The zero-order chi connectivity index (χ0) is 19.0. The van der Waals surface area contributed by atoms with Crippen LogP contribution >= 0.6 is 0 Å². The van der Waals surface area contributed by atoms with Crippen LogP contribution in [0.4, 0.5) is 4.39 Å². The maximum Gasteiger partial charge on any atom is 0.194 e. The molecule has 136 valence electrons. The van der Waals surface area contributed by atoms with Crippen molar-refractivity contribution in [2.75, 3.05) is 0 Å². The highest BCUT2D eigenvalue weighted by Gasteiger charge is 2.35. The Labute approximate surface area is 155 Å². The number of nitrogens with one attached hydrogen (secondary N) is 1. The Morgan fingerprint density at radius 1 is 1.19 bits per heavy atom. The van der Waals surface area contributed by atoms with Gasteiger partial charge in [-0.1, -0.05) is 13.0 Å². The van der Waals surface area contributed by atoms with E-state index >= 15 is 0 Å². The molecule has 4 rings (SSSR count). The molecule has 5 N–H and O–H groups in total. The number of nitrogens with two attached hydrogens (primary N) is 2. The van der Waals surface area contributed by atoms with E-state index in [9.17, 15) is 4.39 Å². The number of halogens is 1. The van der Waals surface area contributed by atoms with Crippen LogP contribution in [0.1, 0.15) is 18.5 Å². The monoisotopic (exact) mass is 362 g/mol. The quantitative estimate of drug-likeness (QED) is 0.665. The van der Waals surface area contributed by atoms with Crippen molar-refractivity contribution >= 4 is 16.9 Å². The summed E-state index contributed by atoms with van der Waals surface area (Å²) in [7, 11) is 0. The van der Waals surface area contributed by atoms with Crippen LogP contribution < -0.4 is 16.8 Å². The van der Waals surface area contributed by atoms with Crippen LogP contribution in [0.3, 0.4) is 0 Å². The average Bonchev–Trinajstić information content (AvgIpc) is 2.67. The van der Waals surface area contributed by atoms with Crippen LogP contribution in [-0.4, -0.2) is 21.6 Å². The Morgan fingerprint density at radius 3 is 2.78 bits per heavy atom. The molecule has 0 radical (unpaired) electrons. The van der Waals surface area contributed by atoms with Gasteiger partial charge >= 0.3 is 0 Å². The van der Waals surface area contributed by atoms with Crippen LogP contribution in [0.15, 0.2) is 65.9 Å². The van der Waals surface area contributed by atoms with E-state index in [2.05, 4.69) is 15.3 Å². The van der Waals surface area contributed by atoms with Crippen LogP contribution in [0.25, 0.3) is 22.2 Å². The molecule has 3 aromatic rings. The Hall–Kier alpha value is -3.32. The number of rotatable bonds is 3. The largest absolute Gasteiger partial charge is 0.370 e. The third-order valence-electron chi connectivity index (χ3n) is 4.78. The minimum absolute atomic E-state index is 0.245. The smallest absolute Gasteiger partial charge is 0.194 e. The second kappa shape index (κ2) is 6.44. The molecule has 1 unspecified atom stereocenters. The van der Waals surface area contributed by atoms with Gasteiger partial charge in [0.2, 0.25) is 0 Å². The van der Waals surface area contributed by atoms with Crippen molar-refractivity contribution in [3.63, 3.8) is 0 Å². The van der Waals surface area contributed by atoms with Gasteiger partial charge in [-0.2, -0.15) is 0 Å². The van der Waals surface area contributed by atoms with Crippen molar-refractivity contribution in [3.05, 3.63) is 72.4 Å². The summed E-state index contributed by atoms with van der Waals surface area (Å²) in [5.74, 6) is -0.336. The highest BCUT2D eigenvalue weighted by Crippen LogP contribution is 2.34. The maximum absolute atomic E-state index is 13.7. The molecule has 0 spiro atoms. The van der Waals surface area contributed by atoms with E-state index in [0.29, 0.717) is 10.9 Å². The molecule has 0 fully saturated rings. The fraction of sp³-hybridized carbons (Fsp3) is 0.150. The molecule has 6 nitrogen and oxygen atoms in total. The predicted molar refractivity (Wildman–Crippen MR) is 104 cm³/mol. The van der Waals surface area contributed by atoms with Crippen molar-refractivity contribution in [1.29, 1.82) is 0 Å². The van der Waals surface area contributed by atoms with E-state index in [1.165, 1.54) is 12.1 Å². The number of benzene rings is 1. The Balaban J connectivity index is 1.91. The lowest BCUT2D eigenvalue weighted by molar-refractivity contribution is 0.404. The molecule has 27 heavy (non-hydrogen) atoms. The molecule has 2 atom stereocenters. The first-order chi connectivity index (χ1) is 13.0. The third-order valence-corrected chi connectivity index (χ3v) is 4.78. The summed E-state index contributed by atoms with van der Waals surface area (Å²) < 4.78 is 13.7. The number of hydrogen-bond acceptors (Lipinski definition) is 6. The first-order valence-corrected chi connectivity index (χ1v) is 8.56. The highest BCUT2D eigenvalue weighted by molar-refractivity contribution is 5.85. The van der Waals surface area contributed by atoms with E-state index < -0.39 is 5.66 Å². The second-order valence-corrected chi connectivity index (χ2v) is 6.58. The Kier molecular flexibility index (Phi) is 4.08. The SMILES string of the molecule is C[C@@H](c1nc2ccc(F)cc2cc1-c1ccccn1)C1(N)C=CN=C(N)N1. The van der Waals surface area contributed by atoms with Crippen LogP contribution in [0.2, 0.25) is 0 Å². The van der Waals surface area contributed by atoms with Gasteiger partial charge in [0.1, 0.15) is 11.5 Å². The molecule has 1 aliphatic heterocycles. The number of nitrogens with zero attached hydrogens (tertiary/aromatic N) is 3. The first kappa shape index (κ1) is 17.1. The minimum Gasteiger partial charge on any atom is -0.370 e. The summed E-state index contributed by atoms with van der Waals surface area (Å²) in [6, 6.07) is 12.0. The van der Waals surface area contributed by atoms with Gasteiger partial charge < -0.3 is 16.8 Å². The molecule has 7 heteroatoms. The molecule has 0 amide bonds. The number of pyridine rings is 2. The van der Waals surface area contributed by atoms with Crippen LogP contribution in [0.5, 0.6) is 0 Å². The minimum atomic E-state index is -0.962. The summed E-state index contributed by atoms with van der Waals surface area (Å²) in [5.41, 5.74) is 14.4. The molecular formula is C20H19FN6. The molecule has 0 saturated carbocycles. The number of aromatic nitrogens is 2. The Morgan fingerprint density at radius 2 is 2.04 bits per heavy atom. The molecule has 1 aromatic carbocycles. The molecule has 1 aliphatic rings. The van der Waals surface area contributed by atoms with Crippen molar-refractivity contribution in [2.24, 2.45) is 16.5 Å². The zero-order valence-electron chi connectivity index (χ0n) is 14.7. The molecule has 2 aromatic heterocycles. The van der Waals surface area contributed by atoms with E-state index in [-0.39, 0.29) is 17.7 Å². The molecule has 0 bridgehead atoms. The van der Waals surface area contributed by atoms with E-state index in [1.54, 1.807) is 24.5 Å². The summed E-state index contributed by atoms with van der Waals surface area (Å²) >= 11 is 0. The highest BCUT2D eigenvalue weighted by atomic mass is 19.1. The van der Waals surface area contributed by atoms with E-state index in [0.717, 1.165) is 17.0 Å². The topological polar surface area (TPSA) is 102 Å². The van der Waals surface area contributed by atoms with Gasteiger partial charge in [-0.05, 0) is 42.5 Å². The zero-order valence-corrected chi connectivity index (χ0v) is 14.7. The lowest BCUT2D eigenvalue weighted by Crippen LogP contribution is -2.60. The maximum atomic E-state index is 13.7. The van der Waals surface area contributed by atoms with Crippen molar-refractivity contribution in [2.45, 2.75) is 18.5 Å². The van der Waals surface area contributed by atoms with Gasteiger partial charge in [0.25, 0.3) is 0 Å². The molecule has 0 aliphatic carbocycles. The number of fused-ring (bicyclic) bond motifs is 1.